The van der Waals surface area contributed by atoms with Crippen LogP contribution in [-0.2, 0) is 9.59 Å². The molecule has 0 aromatic rings. The Balaban J connectivity index is 1.78. The van der Waals surface area contributed by atoms with Gasteiger partial charge in [0.2, 0.25) is 11.8 Å². The van der Waals surface area contributed by atoms with E-state index >= 15 is 0 Å². The first-order valence-corrected chi connectivity index (χ1v) is 8.87. The molecule has 0 spiro atoms. The van der Waals surface area contributed by atoms with Gasteiger partial charge in [-0.2, -0.15) is 0 Å². The van der Waals surface area contributed by atoms with Crippen LogP contribution in [0.15, 0.2) is 0 Å². The van der Waals surface area contributed by atoms with Crippen LogP contribution in [0.1, 0.15) is 52.9 Å². The summed E-state index contributed by atoms with van der Waals surface area (Å²) >= 11 is 0. The van der Waals surface area contributed by atoms with Gasteiger partial charge in [0, 0.05) is 18.1 Å². The molecule has 2 fully saturated rings. The molecule has 2 amide bonds. The van der Waals surface area contributed by atoms with E-state index in [4.69, 9.17) is 5.73 Å². The summed E-state index contributed by atoms with van der Waals surface area (Å²) in [6.07, 6.45) is 4.86. The number of nitrogens with one attached hydrogen (secondary N) is 2. The Morgan fingerprint density at radius 1 is 1.13 bits per heavy atom. The van der Waals surface area contributed by atoms with E-state index in [9.17, 15) is 9.59 Å². The Morgan fingerprint density at radius 3 is 2.35 bits per heavy atom. The highest BCUT2D eigenvalue weighted by Gasteiger charge is 2.37. The van der Waals surface area contributed by atoms with Crippen LogP contribution >= 0.6 is 0 Å². The molecule has 0 radical (unpaired) electrons. The summed E-state index contributed by atoms with van der Waals surface area (Å²) in [5, 5.41) is 6.02. The number of nitrogens with zero attached hydrogens (tertiary/aromatic N) is 1. The third kappa shape index (κ3) is 4.91. The van der Waals surface area contributed by atoms with E-state index in [1.807, 2.05) is 27.8 Å². The lowest BCUT2D eigenvalue weighted by atomic mass is 10.1. The van der Waals surface area contributed by atoms with Crippen LogP contribution in [0.3, 0.4) is 0 Å². The van der Waals surface area contributed by atoms with Crippen molar-refractivity contribution >= 4 is 11.8 Å². The molecule has 4 atom stereocenters. The summed E-state index contributed by atoms with van der Waals surface area (Å²) in [6.45, 7) is 5.98. The molecule has 6 heteroatoms. The van der Waals surface area contributed by atoms with Gasteiger partial charge in [0.05, 0.1) is 12.1 Å². The second-order valence-electron chi connectivity index (χ2n) is 7.58. The first-order chi connectivity index (χ1) is 10.8. The molecular weight excluding hydrogens is 292 g/mol. The van der Waals surface area contributed by atoms with Gasteiger partial charge in [-0.3, -0.25) is 14.5 Å². The molecule has 1 saturated heterocycles. The van der Waals surface area contributed by atoms with Crippen molar-refractivity contribution in [2.75, 3.05) is 7.05 Å². The number of hydrogen-bond donors (Lipinski definition) is 3. The topological polar surface area (TPSA) is 87.5 Å². The number of hydrogen-bond acceptors (Lipinski definition) is 4. The van der Waals surface area contributed by atoms with Crippen LogP contribution in [0.2, 0.25) is 0 Å². The largest absolute Gasteiger partial charge is 0.353 e. The summed E-state index contributed by atoms with van der Waals surface area (Å²) in [6, 6.07) is 0.149. The van der Waals surface area contributed by atoms with E-state index in [2.05, 4.69) is 15.5 Å². The number of carbonyl (C=O) groups is 2. The van der Waals surface area contributed by atoms with Gasteiger partial charge in [0.15, 0.2) is 0 Å². The van der Waals surface area contributed by atoms with Crippen LogP contribution in [0, 0.1) is 5.92 Å². The van der Waals surface area contributed by atoms with Crippen LogP contribution in [-0.4, -0.2) is 54.0 Å². The normalized spacial score (nSPS) is 27.7. The van der Waals surface area contributed by atoms with Crippen molar-refractivity contribution < 1.29 is 9.59 Å². The average Bonchev–Trinajstić information content (AvgIpc) is 3.23. The number of amides is 2. The molecule has 0 bridgehead atoms. The molecule has 2 rings (SSSR count). The zero-order chi connectivity index (χ0) is 17.1. The van der Waals surface area contributed by atoms with Crippen molar-refractivity contribution in [3.05, 3.63) is 0 Å². The number of rotatable bonds is 7. The van der Waals surface area contributed by atoms with E-state index in [1.54, 1.807) is 0 Å². The molecule has 4 N–H and O–H groups in total. The maximum Gasteiger partial charge on any atom is 0.237 e. The lowest BCUT2D eigenvalue weighted by molar-refractivity contribution is -0.126. The molecule has 4 unspecified atom stereocenters. The summed E-state index contributed by atoms with van der Waals surface area (Å²) in [4.78, 5) is 26.4. The second kappa shape index (κ2) is 7.62. The fourth-order valence-electron chi connectivity index (χ4n) is 3.47. The quantitative estimate of drug-likeness (QED) is 0.640. The van der Waals surface area contributed by atoms with Gasteiger partial charge in [0.1, 0.15) is 0 Å². The monoisotopic (exact) mass is 324 g/mol. The third-order valence-electron chi connectivity index (χ3n) is 5.02. The lowest BCUT2D eigenvalue weighted by Gasteiger charge is -2.28. The van der Waals surface area contributed by atoms with E-state index < -0.39 is 0 Å². The fraction of sp³-hybridized carbons (Fsp3) is 0.882. The predicted octanol–water partition coefficient (Wildman–Crippen LogP) is 0.606. The Labute approximate surface area is 139 Å². The SMILES string of the molecule is CC(C)NC(=O)C1CCC(CC(C)NC(=O)C(N)C2CC2)N1C. The Morgan fingerprint density at radius 2 is 1.78 bits per heavy atom. The van der Waals surface area contributed by atoms with Crippen LogP contribution in [0.25, 0.3) is 0 Å². The summed E-state index contributed by atoms with van der Waals surface area (Å²) < 4.78 is 0. The van der Waals surface area contributed by atoms with Gasteiger partial charge in [-0.1, -0.05) is 0 Å². The van der Waals surface area contributed by atoms with Gasteiger partial charge < -0.3 is 16.4 Å². The summed E-state index contributed by atoms with van der Waals surface area (Å²) in [5.41, 5.74) is 5.94. The predicted molar refractivity (Wildman–Crippen MR) is 90.8 cm³/mol. The first-order valence-electron chi connectivity index (χ1n) is 8.87. The Hall–Kier alpha value is -1.14. The smallest absolute Gasteiger partial charge is 0.237 e. The van der Waals surface area contributed by atoms with Crippen LogP contribution < -0.4 is 16.4 Å². The molecule has 132 valence electrons. The van der Waals surface area contributed by atoms with Crippen LogP contribution in [0.5, 0.6) is 0 Å². The van der Waals surface area contributed by atoms with Gasteiger partial charge >= 0.3 is 0 Å². The Bertz CT molecular complexity index is 436. The highest BCUT2D eigenvalue weighted by molar-refractivity contribution is 5.83. The second-order valence-corrected chi connectivity index (χ2v) is 7.58. The molecule has 1 saturated carbocycles. The molecule has 2 aliphatic rings. The Kier molecular flexibility index (Phi) is 6.03. The fourth-order valence-corrected chi connectivity index (χ4v) is 3.47. The molecule has 1 heterocycles. The van der Waals surface area contributed by atoms with E-state index in [0.29, 0.717) is 12.0 Å². The summed E-state index contributed by atoms with van der Waals surface area (Å²) in [5.74, 6) is 0.452. The van der Waals surface area contributed by atoms with Gasteiger partial charge in [0.25, 0.3) is 0 Å². The molecule has 1 aliphatic carbocycles. The zero-order valence-corrected chi connectivity index (χ0v) is 14.8. The minimum Gasteiger partial charge on any atom is -0.353 e. The van der Waals surface area contributed by atoms with E-state index in [-0.39, 0.29) is 36.0 Å². The molecule has 6 nitrogen and oxygen atoms in total. The van der Waals surface area contributed by atoms with Crippen molar-refractivity contribution in [1.29, 1.82) is 0 Å². The maximum absolute atomic E-state index is 12.2. The number of nitrogens with two attached hydrogens (primary N) is 1. The molecule has 0 aromatic heterocycles. The highest BCUT2D eigenvalue weighted by Crippen LogP contribution is 2.31. The maximum atomic E-state index is 12.2. The first kappa shape index (κ1) is 18.2. The summed E-state index contributed by atoms with van der Waals surface area (Å²) in [7, 11) is 2.01. The minimum absolute atomic E-state index is 0.0326. The van der Waals surface area contributed by atoms with Crippen molar-refractivity contribution in [3.8, 4) is 0 Å². The van der Waals surface area contributed by atoms with E-state index in [1.165, 1.54) is 0 Å². The van der Waals surface area contributed by atoms with Gasteiger partial charge in [-0.25, -0.2) is 0 Å². The van der Waals surface area contributed by atoms with E-state index in [0.717, 1.165) is 32.1 Å². The van der Waals surface area contributed by atoms with Crippen molar-refractivity contribution in [2.45, 2.75) is 83.1 Å². The number of likely N-dealkylation sites (N-methyl/N-ethyl adjacent to an activating group) is 1. The zero-order valence-electron chi connectivity index (χ0n) is 14.8. The third-order valence-corrected chi connectivity index (χ3v) is 5.02. The van der Waals surface area contributed by atoms with Gasteiger partial charge in [-0.15, -0.1) is 0 Å². The molecule has 1 aliphatic heterocycles. The molecule has 23 heavy (non-hydrogen) atoms. The molecular formula is C17H32N4O2. The minimum atomic E-state index is -0.358. The number of likely N-dealkylation sites (tertiary alicyclic amines) is 1. The van der Waals surface area contributed by atoms with Crippen molar-refractivity contribution in [2.24, 2.45) is 11.7 Å². The highest BCUT2D eigenvalue weighted by atomic mass is 16.2. The number of carbonyl (C=O) groups excluding carboxylic acids is 2. The van der Waals surface area contributed by atoms with Gasteiger partial charge in [-0.05, 0) is 65.8 Å². The van der Waals surface area contributed by atoms with Crippen molar-refractivity contribution in [1.82, 2.24) is 15.5 Å². The average molecular weight is 324 g/mol. The lowest BCUT2D eigenvalue weighted by Crippen LogP contribution is -2.49. The van der Waals surface area contributed by atoms with Crippen LogP contribution in [0.4, 0.5) is 0 Å². The van der Waals surface area contributed by atoms with Crippen molar-refractivity contribution in [3.63, 3.8) is 0 Å². The molecule has 0 aromatic carbocycles. The standard InChI is InChI=1S/C17H32N4O2/c1-10(2)19-16(22)14-8-7-13(21(14)4)9-11(3)20-17(23)15(18)12-5-6-12/h10-15H,5-9,18H2,1-4H3,(H,19,22)(H,20,23).